The summed E-state index contributed by atoms with van der Waals surface area (Å²) in [5.74, 6) is -1.40. The average molecular weight is 1510 g/mol. The summed E-state index contributed by atoms with van der Waals surface area (Å²) in [7, 11) is -8.74. The number of hydrogen-bond acceptors (Lipinski definition) is 26. The van der Waals surface area contributed by atoms with E-state index in [1.807, 2.05) is 13.0 Å². The maximum Gasteiger partial charge on any atom is 0.270 e. The Bertz CT molecular complexity index is 5560. The lowest BCUT2D eigenvalue weighted by atomic mass is 9.93. The fourth-order valence-corrected chi connectivity index (χ4v) is 13.9. The monoisotopic (exact) mass is 1500 g/mol. The van der Waals surface area contributed by atoms with Gasteiger partial charge < -0.3 is 40.5 Å². The summed E-state index contributed by atoms with van der Waals surface area (Å²) in [6.07, 6.45) is 9.57. The minimum Gasteiger partial charge on any atom is -0.508 e. The minimum atomic E-state index is -3.79. The predicted octanol–water partition coefficient (Wildman–Crippen LogP) is 13.5. The standard InChI is InChI=1S/C26H27FN6O3S.C24H23F2N5O3S.C24H25N5O4S.2H2/c1-15(2)37(34,35)19-9-7-17(8-10-19)22-14-30-24(28)23(31-22)26-33-32-25(36-26)20-11-6-16(12-21(20)27)13-29-18-4-3-5-18;1-4-5-14-6-8-16(17(25)10-14)23-30-31-24(34-23)21-22(27)28-12-19(29-21)15-7-9-20(18(26)11-15)35(32,33)13(2)3;1-14(2)34(31,32)19-9-7-16(8-10-19)20-13-26-15(3)22(27-20)24-29-28-23(33-24)17-5-6-18(12-25-4)21(30)11-17;;/h6-12,14-15,18,29H,3-5,13H2,1-2H3,(H2,28,30);6-13H,4-5H2,1-3H3,(H2,27,28);5-11,13-14,25,30H,12H2,1-4H3;2*1H. The third-order valence-corrected chi connectivity index (χ3v) is 23.8. The van der Waals surface area contributed by atoms with E-state index in [0.717, 1.165) is 48.4 Å². The molecule has 0 amide bonds. The third kappa shape index (κ3) is 16.8. The lowest BCUT2D eigenvalue weighted by Gasteiger charge is -2.26. The minimum absolute atomic E-state index is 0. The van der Waals surface area contributed by atoms with Crippen molar-refractivity contribution in [3.63, 3.8) is 0 Å². The van der Waals surface area contributed by atoms with Gasteiger partial charge in [-0.2, -0.15) is 0 Å². The van der Waals surface area contributed by atoms with E-state index in [9.17, 15) is 43.5 Å². The molecule has 7 N–H and O–H groups in total. The lowest BCUT2D eigenvalue weighted by Crippen LogP contribution is -2.34. The Labute approximate surface area is 612 Å². The van der Waals surface area contributed by atoms with Crippen LogP contribution < -0.4 is 22.1 Å². The van der Waals surface area contributed by atoms with Crippen molar-refractivity contribution in [1.82, 2.24) is 71.1 Å². The molecule has 6 aromatic heterocycles. The van der Waals surface area contributed by atoms with Gasteiger partial charge >= 0.3 is 0 Å². The van der Waals surface area contributed by atoms with Crippen molar-refractivity contribution < 1.29 is 59.6 Å². The van der Waals surface area contributed by atoms with Crippen LogP contribution in [0, 0.1) is 24.4 Å². The van der Waals surface area contributed by atoms with Crippen molar-refractivity contribution in [3.8, 4) is 109 Å². The summed E-state index contributed by atoms with van der Waals surface area (Å²) in [6, 6.07) is 31.9. The maximum atomic E-state index is 14.8. The molecule has 0 atom stereocenters. The zero-order valence-electron chi connectivity index (χ0n) is 59.0. The molecule has 26 nitrogen and oxygen atoms in total. The highest BCUT2D eigenvalue weighted by molar-refractivity contribution is 7.92. The van der Waals surface area contributed by atoms with Gasteiger partial charge in [-0.25, -0.2) is 63.3 Å². The summed E-state index contributed by atoms with van der Waals surface area (Å²) < 4.78 is 136. The van der Waals surface area contributed by atoms with Gasteiger partial charge in [-0.15, -0.1) is 30.6 Å². The lowest BCUT2D eigenvalue weighted by molar-refractivity contribution is 0.338. The first-order valence-electron chi connectivity index (χ1n) is 33.6. The van der Waals surface area contributed by atoms with Crippen molar-refractivity contribution >= 4 is 41.1 Å². The molecule has 1 aliphatic rings. The number of aromatic hydroxyl groups is 1. The molecule has 6 aromatic carbocycles. The van der Waals surface area contributed by atoms with Crippen LogP contribution >= 0.6 is 0 Å². The van der Waals surface area contributed by atoms with Crippen LogP contribution in [-0.4, -0.2) is 120 Å². The second-order valence-corrected chi connectivity index (χ2v) is 33.1. The molecule has 32 heteroatoms. The molecule has 1 saturated carbocycles. The van der Waals surface area contributed by atoms with E-state index in [-0.39, 0.29) is 99.1 Å². The van der Waals surface area contributed by atoms with Gasteiger partial charge in [0.25, 0.3) is 29.5 Å². The number of nitrogen functional groups attached to an aromatic ring is 2. The molecule has 13 rings (SSSR count). The van der Waals surface area contributed by atoms with Gasteiger partial charge in [0.1, 0.15) is 33.8 Å². The summed E-state index contributed by atoms with van der Waals surface area (Å²) >= 11 is 0. The number of rotatable bonds is 22. The molecule has 0 aliphatic heterocycles. The third-order valence-electron chi connectivity index (χ3n) is 17.3. The number of halogens is 3. The first-order chi connectivity index (χ1) is 50.5. The highest BCUT2D eigenvalue weighted by Crippen LogP contribution is 2.36. The fourth-order valence-electron chi connectivity index (χ4n) is 10.7. The molecular formula is C74H79F3N16O10S3. The number of nitrogens with one attached hydrogen (secondary N) is 2. The van der Waals surface area contributed by atoms with E-state index in [1.165, 1.54) is 69.1 Å². The Kier molecular flexibility index (Phi) is 23.1. The molecule has 1 aliphatic carbocycles. The van der Waals surface area contributed by atoms with E-state index in [1.54, 1.807) is 121 Å². The Morgan fingerprint density at radius 2 is 0.953 bits per heavy atom. The molecule has 1 fully saturated rings. The highest BCUT2D eigenvalue weighted by Gasteiger charge is 2.28. The van der Waals surface area contributed by atoms with Crippen LogP contribution in [0.1, 0.15) is 99.4 Å². The Hall–Kier alpha value is -11.1. The van der Waals surface area contributed by atoms with Crippen molar-refractivity contribution in [1.29, 1.82) is 0 Å². The second kappa shape index (κ2) is 32.1. The summed E-state index contributed by atoms with van der Waals surface area (Å²) in [4.78, 5) is 26.2. The zero-order valence-corrected chi connectivity index (χ0v) is 61.5. The van der Waals surface area contributed by atoms with Crippen LogP contribution in [0.25, 0.3) is 103 Å². The van der Waals surface area contributed by atoms with E-state index >= 15 is 0 Å². The average Bonchev–Trinajstić information content (AvgIpc) is 1.29. The molecular weight excluding hydrogens is 1430 g/mol. The Balaban J connectivity index is 0.000000185. The number of nitrogens with zero attached hydrogens (tertiary/aromatic N) is 12. The predicted molar refractivity (Wildman–Crippen MR) is 396 cm³/mol. The summed E-state index contributed by atoms with van der Waals surface area (Å²) in [5.41, 5.74) is 19.3. The molecule has 0 radical (unpaired) electrons. The normalized spacial score (nSPS) is 12.6. The number of nitrogens with two attached hydrogens (primary N) is 2. The number of anilines is 2. The van der Waals surface area contributed by atoms with Gasteiger partial charge in [0.15, 0.2) is 52.5 Å². The molecule has 106 heavy (non-hydrogen) atoms. The van der Waals surface area contributed by atoms with Gasteiger partial charge in [-0.05, 0) is 159 Å². The van der Waals surface area contributed by atoms with Gasteiger partial charge in [-0.1, -0.05) is 68.3 Å². The van der Waals surface area contributed by atoms with Gasteiger partial charge in [0.05, 0.1) is 78.0 Å². The van der Waals surface area contributed by atoms with Gasteiger partial charge in [0.2, 0.25) is 5.89 Å². The van der Waals surface area contributed by atoms with Crippen molar-refractivity contribution in [2.75, 3.05) is 18.5 Å². The molecule has 0 spiro atoms. The number of hydrogen-bond donors (Lipinski definition) is 5. The number of sulfone groups is 3. The number of phenols is 1. The zero-order chi connectivity index (χ0) is 75.9. The van der Waals surface area contributed by atoms with Gasteiger partial charge in [-0.3, -0.25) is 4.98 Å². The second-order valence-electron chi connectivity index (χ2n) is 25.6. The Morgan fingerprint density at radius 3 is 1.42 bits per heavy atom. The van der Waals surface area contributed by atoms with Crippen LogP contribution in [0.5, 0.6) is 5.75 Å². The topological polar surface area (TPSA) is 393 Å². The molecule has 0 saturated heterocycles. The van der Waals surface area contributed by atoms with Crippen LogP contribution in [0.4, 0.5) is 24.8 Å². The number of phenolic OH excluding ortho intramolecular Hbond substituents is 1. The van der Waals surface area contributed by atoms with Gasteiger partial charge in [0, 0.05) is 49.8 Å². The molecule has 0 unspecified atom stereocenters. The molecule has 0 bridgehead atoms. The smallest absolute Gasteiger partial charge is 0.270 e. The van der Waals surface area contributed by atoms with E-state index in [4.69, 9.17) is 24.7 Å². The van der Waals surface area contributed by atoms with Crippen LogP contribution in [0.15, 0.2) is 168 Å². The van der Waals surface area contributed by atoms with Crippen LogP contribution in [0.3, 0.4) is 0 Å². The van der Waals surface area contributed by atoms with Crippen LogP contribution in [-0.2, 0) is 49.0 Å². The molecule has 12 aromatic rings. The summed E-state index contributed by atoms with van der Waals surface area (Å²) in [5, 5.41) is 38.9. The van der Waals surface area contributed by atoms with Crippen molar-refractivity contribution in [2.45, 2.75) is 137 Å². The SMILES string of the molecule is CC(C)S(=O)(=O)c1ccc(-c2cnc(N)c(-c3nnc(-c4ccc(CNC5CCC5)cc4F)o3)n2)cc1.CCCc1ccc(-c2nnc(-c3nc(-c4ccc(S(=O)(=O)C(C)C)c(F)c4)cnc3N)o2)c(F)c1.CNCc1ccc(-c2nnc(-c3nc(-c4ccc(S(=O)(=O)C(C)C)cc4)cnc3C)o2)cc1O.[HH].[HH]. The first-order valence-corrected chi connectivity index (χ1v) is 38.3. The van der Waals surface area contributed by atoms with E-state index < -0.39 is 67.6 Å². The number of benzene rings is 6. The van der Waals surface area contributed by atoms with E-state index in [0.29, 0.717) is 58.6 Å². The van der Waals surface area contributed by atoms with Crippen molar-refractivity contribution in [2.24, 2.45) is 0 Å². The molecule has 554 valence electrons. The number of aromatic nitrogens is 12. The number of aryl methyl sites for hydroxylation is 2. The summed E-state index contributed by atoms with van der Waals surface area (Å²) in [6.45, 7) is 14.4. The van der Waals surface area contributed by atoms with Crippen molar-refractivity contribution in [3.05, 3.63) is 180 Å². The largest absolute Gasteiger partial charge is 0.508 e. The fraction of sp³-hybridized carbons (Fsp3) is 0.270. The van der Waals surface area contributed by atoms with Crippen LogP contribution in [0.2, 0.25) is 0 Å². The quantitative estimate of drug-likeness (QED) is 0.0421. The highest BCUT2D eigenvalue weighted by atomic mass is 32.2. The first kappa shape index (κ1) is 76.1. The van der Waals surface area contributed by atoms with E-state index in [2.05, 4.69) is 71.1 Å². The Morgan fingerprint density at radius 1 is 0.509 bits per heavy atom. The molecule has 6 heterocycles. The maximum absolute atomic E-state index is 14.8.